The number of carbonyl (C=O) groups is 1. The Labute approximate surface area is 118 Å². The van der Waals surface area contributed by atoms with E-state index in [9.17, 15) is 9.90 Å². The van der Waals surface area contributed by atoms with Crippen LogP contribution in [0.3, 0.4) is 0 Å². The first-order chi connectivity index (χ1) is 9.69. The Morgan fingerprint density at radius 1 is 1.35 bits per heavy atom. The van der Waals surface area contributed by atoms with Gasteiger partial charge in [0.15, 0.2) is 0 Å². The standard InChI is InChI=1S/C15H19N3O2/c1-18-10-12(8-17-18)6-7-15(20)16-9-13-4-2-3-5-14(13)11-19/h2-5,8,10,19H,6-7,9,11H2,1H3,(H,16,20). The van der Waals surface area contributed by atoms with Gasteiger partial charge >= 0.3 is 0 Å². The molecule has 5 nitrogen and oxygen atoms in total. The summed E-state index contributed by atoms with van der Waals surface area (Å²) in [6.45, 7) is 0.435. The van der Waals surface area contributed by atoms with Crippen molar-refractivity contribution in [2.24, 2.45) is 7.05 Å². The third kappa shape index (κ3) is 3.93. The van der Waals surface area contributed by atoms with Crippen molar-refractivity contribution in [2.45, 2.75) is 26.0 Å². The summed E-state index contributed by atoms with van der Waals surface area (Å²) >= 11 is 0. The van der Waals surface area contributed by atoms with Gasteiger partial charge in [-0.2, -0.15) is 5.10 Å². The van der Waals surface area contributed by atoms with E-state index in [4.69, 9.17) is 0 Å². The fourth-order valence-corrected chi connectivity index (χ4v) is 2.03. The number of benzene rings is 1. The molecule has 1 heterocycles. The molecule has 1 aromatic heterocycles. The first-order valence-electron chi connectivity index (χ1n) is 6.61. The molecule has 0 aliphatic heterocycles. The molecule has 2 rings (SSSR count). The SMILES string of the molecule is Cn1cc(CCC(=O)NCc2ccccc2CO)cn1. The fourth-order valence-electron chi connectivity index (χ4n) is 2.03. The van der Waals surface area contributed by atoms with Gasteiger partial charge < -0.3 is 10.4 Å². The smallest absolute Gasteiger partial charge is 0.220 e. The van der Waals surface area contributed by atoms with Gasteiger partial charge in [-0.1, -0.05) is 24.3 Å². The monoisotopic (exact) mass is 273 g/mol. The van der Waals surface area contributed by atoms with E-state index < -0.39 is 0 Å². The quantitative estimate of drug-likeness (QED) is 0.830. The number of aromatic nitrogens is 2. The van der Waals surface area contributed by atoms with E-state index in [0.29, 0.717) is 19.4 Å². The maximum absolute atomic E-state index is 11.8. The van der Waals surface area contributed by atoms with Gasteiger partial charge in [-0.25, -0.2) is 0 Å². The van der Waals surface area contributed by atoms with Crippen LogP contribution in [-0.2, 0) is 31.4 Å². The van der Waals surface area contributed by atoms with Crippen LogP contribution in [0.15, 0.2) is 36.7 Å². The van der Waals surface area contributed by atoms with Crippen molar-refractivity contribution in [3.05, 3.63) is 53.3 Å². The molecule has 0 aliphatic rings. The fraction of sp³-hybridized carbons (Fsp3) is 0.333. The van der Waals surface area contributed by atoms with E-state index in [2.05, 4.69) is 10.4 Å². The summed E-state index contributed by atoms with van der Waals surface area (Å²) in [7, 11) is 1.86. The van der Waals surface area contributed by atoms with Gasteiger partial charge in [0, 0.05) is 26.2 Å². The maximum Gasteiger partial charge on any atom is 0.220 e. The number of rotatable bonds is 6. The highest BCUT2D eigenvalue weighted by molar-refractivity contribution is 5.76. The lowest BCUT2D eigenvalue weighted by molar-refractivity contribution is -0.121. The van der Waals surface area contributed by atoms with Gasteiger partial charge in [0.05, 0.1) is 12.8 Å². The first-order valence-corrected chi connectivity index (χ1v) is 6.61. The number of aryl methyl sites for hydroxylation is 2. The van der Waals surface area contributed by atoms with Crippen molar-refractivity contribution in [1.29, 1.82) is 0 Å². The molecular weight excluding hydrogens is 254 g/mol. The largest absolute Gasteiger partial charge is 0.392 e. The van der Waals surface area contributed by atoms with Crippen LogP contribution in [0.25, 0.3) is 0 Å². The third-order valence-electron chi connectivity index (χ3n) is 3.16. The zero-order chi connectivity index (χ0) is 14.4. The number of carbonyl (C=O) groups excluding carboxylic acids is 1. The highest BCUT2D eigenvalue weighted by atomic mass is 16.3. The molecular formula is C15H19N3O2. The minimum absolute atomic E-state index is 0.00148. The van der Waals surface area contributed by atoms with E-state index in [1.165, 1.54) is 0 Å². The molecule has 0 aliphatic carbocycles. The molecule has 0 spiro atoms. The predicted octanol–water partition coefficient (Wildman–Crippen LogP) is 1.16. The minimum atomic E-state index is -0.0122. The Balaban J connectivity index is 1.80. The molecule has 20 heavy (non-hydrogen) atoms. The van der Waals surface area contributed by atoms with E-state index in [1.54, 1.807) is 10.9 Å². The van der Waals surface area contributed by atoms with Gasteiger partial charge in [-0.3, -0.25) is 9.48 Å². The predicted molar refractivity (Wildman–Crippen MR) is 75.7 cm³/mol. The van der Waals surface area contributed by atoms with Gasteiger partial charge in [0.25, 0.3) is 0 Å². The van der Waals surface area contributed by atoms with Crippen LogP contribution in [-0.4, -0.2) is 20.8 Å². The van der Waals surface area contributed by atoms with Crippen molar-refractivity contribution < 1.29 is 9.90 Å². The number of hydrogen-bond acceptors (Lipinski definition) is 3. The second kappa shape index (κ2) is 6.86. The first kappa shape index (κ1) is 14.3. The zero-order valence-electron chi connectivity index (χ0n) is 11.5. The lowest BCUT2D eigenvalue weighted by Gasteiger charge is -2.08. The molecule has 0 saturated heterocycles. The Morgan fingerprint density at radius 2 is 2.10 bits per heavy atom. The molecule has 0 atom stereocenters. The van der Waals surface area contributed by atoms with Crippen LogP contribution < -0.4 is 5.32 Å². The average Bonchev–Trinajstić information content (AvgIpc) is 2.89. The van der Waals surface area contributed by atoms with Gasteiger partial charge in [0.2, 0.25) is 5.91 Å². The maximum atomic E-state index is 11.8. The van der Waals surface area contributed by atoms with E-state index >= 15 is 0 Å². The Morgan fingerprint density at radius 3 is 2.75 bits per heavy atom. The number of aliphatic hydroxyl groups is 1. The molecule has 0 bridgehead atoms. The van der Waals surface area contributed by atoms with Gasteiger partial charge in [0.1, 0.15) is 0 Å². The normalized spacial score (nSPS) is 10.5. The molecule has 2 aromatic rings. The lowest BCUT2D eigenvalue weighted by Crippen LogP contribution is -2.23. The van der Waals surface area contributed by atoms with Crippen LogP contribution in [0.2, 0.25) is 0 Å². The van der Waals surface area contributed by atoms with Crippen LogP contribution in [0.5, 0.6) is 0 Å². The van der Waals surface area contributed by atoms with Crippen LogP contribution in [0.4, 0.5) is 0 Å². The van der Waals surface area contributed by atoms with Gasteiger partial charge in [-0.15, -0.1) is 0 Å². The minimum Gasteiger partial charge on any atom is -0.392 e. The number of nitrogens with zero attached hydrogens (tertiary/aromatic N) is 2. The number of amides is 1. The molecule has 1 aromatic carbocycles. The Bertz CT molecular complexity index is 578. The van der Waals surface area contributed by atoms with Crippen molar-refractivity contribution in [2.75, 3.05) is 0 Å². The van der Waals surface area contributed by atoms with Crippen molar-refractivity contribution >= 4 is 5.91 Å². The summed E-state index contributed by atoms with van der Waals surface area (Å²) < 4.78 is 1.73. The number of aliphatic hydroxyl groups excluding tert-OH is 1. The highest BCUT2D eigenvalue weighted by Crippen LogP contribution is 2.08. The molecule has 0 radical (unpaired) electrons. The average molecular weight is 273 g/mol. The third-order valence-corrected chi connectivity index (χ3v) is 3.16. The molecule has 0 unspecified atom stereocenters. The molecule has 5 heteroatoms. The highest BCUT2D eigenvalue weighted by Gasteiger charge is 2.05. The summed E-state index contributed by atoms with van der Waals surface area (Å²) in [6.07, 6.45) is 4.80. The van der Waals surface area contributed by atoms with E-state index in [1.807, 2.05) is 37.5 Å². The Kier molecular flexibility index (Phi) is 4.90. The second-order valence-electron chi connectivity index (χ2n) is 4.73. The molecule has 0 fully saturated rings. The molecule has 2 N–H and O–H groups in total. The summed E-state index contributed by atoms with van der Waals surface area (Å²) in [5.74, 6) is 0.00148. The molecule has 106 valence electrons. The molecule has 0 saturated carbocycles. The van der Waals surface area contributed by atoms with Crippen molar-refractivity contribution in [3.8, 4) is 0 Å². The van der Waals surface area contributed by atoms with Crippen LogP contribution in [0, 0.1) is 0 Å². The summed E-state index contributed by atoms with van der Waals surface area (Å²) in [5.41, 5.74) is 2.85. The van der Waals surface area contributed by atoms with Crippen LogP contribution >= 0.6 is 0 Å². The van der Waals surface area contributed by atoms with Crippen LogP contribution in [0.1, 0.15) is 23.1 Å². The summed E-state index contributed by atoms with van der Waals surface area (Å²) in [6, 6.07) is 7.54. The lowest BCUT2D eigenvalue weighted by atomic mass is 10.1. The van der Waals surface area contributed by atoms with Crippen molar-refractivity contribution in [1.82, 2.24) is 15.1 Å². The number of nitrogens with one attached hydrogen (secondary N) is 1. The van der Waals surface area contributed by atoms with Gasteiger partial charge in [-0.05, 0) is 23.1 Å². The Hall–Kier alpha value is -2.14. The van der Waals surface area contributed by atoms with Crippen molar-refractivity contribution in [3.63, 3.8) is 0 Å². The second-order valence-corrected chi connectivity index (χ2v) is 4.73. The summed E-state index contributed by atoms with van der Waals surface area (Å²) in [5, 5.41) is 16.2. The molecule has 1 amide bonds. The van der Waals surface area contributed by atoms with E-state index in [-0.39, 0.29) is 12.5 Å². The zero-order valence-corrected chi connectivity index (χ0v) is 11.5. The number of hydrogen-bond donors (Lipinski definition) is 2. The topological polar surface area (TPSA) is 67.2 Å². The van der Waals surface area contributed by atoms with E-state index in [0.717, 1.165) is 16.7 Å². The summed E-state index contributed by atoms with van der Waals surface area (Å²) in [4.78, 5) is 11.8.